The van der Waals surface area contributed by atoms with E-state index in [2.05, 4.69) is 5.32 Å². The lowest BCUT2D eigenvalue weighted by atomic mass is 10.1. The number of nitrogens with one attached hydrogen (secondary N) is 1. The van der Waals surface area contributed by atoms with Crippen LogP contribution >= 0.6 is 11.6 Å². The van der Waals surface area contributed by atoms with Crippen LogP contribution in [0, 0.1) is 5.82 Å². The number of hydrogen-bond donors (Lipinski definition) is 1. The van der Waals surface area contributed by atoms with E-state index in [0.717, 1.165) is 4.31 Å². The number of ether oxygens (including phenoxy) is 3. The number of nitrogens with zero attached hydrogens (tertiary/aromatic N) is 2. The van der Waals surface area contributed by atoms with Crippen molar-refractivity contribution in [2.45, 2.75) is 44.3 Å². The third-order valence-corrected chi connectivity index (χ3v) is 8.49. The van der Waals surface area contributed by atoms with Gasteiger partial charge in [0.05, 0.1) is 31.9 Å². The Kier molecular flexibility index (Phi) is 11.2. The molecule has 1 N–H and O–H groups in total. The van der Waals surface area contributed by atoms with Gasteiger partial charge in [0.1, 0.15) is 24.2 Å². The van der Waals surface area contributed by atoms with Gasteiger partial charge in [0, 0.05) is 23.7 Å². The molecule has 1 atom stereocenters. The first kappa shape index (κ1) is 33.5. The van der Waals surface area contributed by atoms with Gasteiger partial charge < -0.3 is 24.4 Å². The Labute approximate surface area is 256 Å². The third-order valence-electron chi connectivity index (χ3n) is 6.50. The molecule has 43 heavy (non-hydrogen) atoms. The fourth-order valence-corrected chi connectivity index (χ4v) is 5.85. The number of carbonyl (C=O) groups is 2. The molecular formula is C30H35ClFN3O7S. The normalized spacial score (nSPS) is 11.9. The van der Waals surface area contributed by atoms with Crippen LogP contribution in [0.25, 0.3) is 0 Å². The number of hydrogen-bond acceptors (Lipinski definition) is 7. The molecule has 3 aromatic carbocycles. The summed E-state index contributed by atoms with van der Waals surface area (Å²) in [5.74, 6) is -1.02. The second-order valence-electron chi connectivity index (χ2n) is 9.83. The molecule has 2 amide bonds. The SMILES string of the molecule is COc1ccc(S(=O)(=O)N(CC(=O)N(Cc2ccc(F)cc2)C(C)C(=O)NC(C)C)c2cc(Cl)ccc2OC)cc1OC. The molecule has 3 rings (SSSR count). The summed E-state index contributed by atoms with van der Waals surface area (Å²) in [5, 5.41) is 2.97. The highest BCUT2D eigenvalue weighted by atomic mass is 35.5. The number of rotatable bonds is 13. The largest absolute Gasteiger partial charge is 0.495 e. The number of carbonyl (C=O) groups excluding carboxylic acids is 2. The molecule has 3 aromatic rings. The first-order valence-corrected chi connectivity index (χ1v) is 15.1. The Hall–Kier alpha value is -4.03. The van der Waals surface area contributed by atoms with Gasteiger partial charge in [-0.2, -0.15) is 0 Å². The molecule has 0 aliphatic rings. The molecule has 0 fully saturated rings. The summed E-state index contributed by atoms with van der Waals surface area (Å²) in [5.41, 5.74) is 0.535. The molecule has 0 aromatic heterocycles. The maximum Gasteiger partial charge on any atom is 0.265 e. The van der Waals surface area contributed by atoms with Crippen molar-refractivity contribution >= 4 is 39.1 Å². The van der Waals surface area contributed by atoms with Crippen LogP contribution in [0.1, 0.15) is 26.3 Å². The minimum absolute atomic E-state index is 0.000785. The summed E-state index contributed by atoms with van der Waals surface area (Å²) in [6.07, 6.45) is 0. The van der Waals surface area contributed by atoms with Crippen LogP contribution < -0.4 is 23.8 Å². The van der Waals surface area contributed by atoms with E-state index in [1.54, 1.807) is 13.8 Å². The molecule has 0 aliphatic carbocycles. The summed E-state index contributed by atoms with van der Waals surface area (Å²) in [4.78, 5) is 28.1. The zero-order valence-corrected chi connectivity index (χ0v) is 26.3. The predicted octanol–water partition coefficient (Wildman–Crippen LogP) is 4.64. The van der Waals surface area contributed by atoms with E-state index >= 15 is 0 Å². The molecule has 232 valence electrons. The van der Waals surface area contributed by atoms with Crippen molar-refractivity contribution in [1.82, 2.24) is 10.2 Å². The van der Waals surface area contributed by atoms with Crippen LogP contribution in [-0.4, -0.2) is 65.1 Å². The van der Waals surface area contributed by atoms with Gasteiger partial charge in [-0.1, -0.05) is 23.7 Å². The molecule has 0 heterocycles. The highest BCUT2D eigenvalue weighted by Gasteiger charge is 2.34. The maximum atomic E-state index is 14.2. The van der Waals surface area contributed by atoms with Crippen molar-refractivity contribution in [2.24, 2.45) is 0 Å². The molecule has 1 unspecified atom stereocenters. The molecule has 0 saturated carbocycles. The smallest absolute Gasteiger partial charge is 0.265 e. The summed E-state index contributed by atoms with van der Waals surface area (Å²) < 4.78 is 58.9. The van der Waals surface area contributed by atoms with Crippen LogP contribution in [0.3, 0.4) is 0 Å². The highest BCUT2D eigenvalue weighted by molar-refractivity contribution is 7.92. The Balaban J connectivity index is 2.14. The van der Waals surface area contributed by atoms with Crippen LogP contribution in [0.5, 0.6) is 17.2 Å². The topological polar surface area (TPSA) is 114 Å². The Morgan fingerprint density at radius 1 is 0.884 bits per heavy atom. The monoisotopic (exact) mass is 635 g/mol. The minimum Gasteiger partial charge on any atom is -0.495 e. The number of sulfonamides is 1. The van der Waals surface area contributed by atoms with Gasteiger partial charge in [-0.25, -0.2) is 12.8 Å². The van der Waals surface area contributed by atoms with Crippen LogP contribution in [0.2, 0.25) is 5.02 Å². The Morgan fingerprint density at radius 2 is 1.49 bits per heavy atom. The summed E-state index contributed by atoms with van der Waals surface area (Å²) in [6.45, 7) is 4.27. The maximum absolute atomic E-state index is 14.2. The summed E-state index contributed by atoms with van der Waals surface area (Å²) >= 11 is 6.27. The predicted molar refractivity (Wildman–Crippen MR) is 162 cm³/mol. The second kappa shape index (κ2) is 14.4. The van der Waals surface area contributed by atoms with Gasteiger partial charge in [-0.15, -0.1) is 0 Å². The summed E-state index contributed by atoms with van der Waals surface area (Å²) in [7, 11) is -0.331. The van der Waals surface area contributed by atoms with E-state index in [1.165, 1.54) is 93.8 Å². The van der Waals surface area contributed by atoms with Crippen LogP contribution in [-0.2, 0) is 26.2 Å². The van der Waals surface area contributed by atoms with E-state index in [-0.39, 0.29) is 39.7 Å². The molecular weight excluding hydrogens is 601 g/mol. The number of methoxy groups -OCH3 is 3. The Bertz CT molecular complexity index is 1550. The first-order valence-electron chi connectivity index (χ1n) is 13.2. The van der Waals surface area contributed by atoms with E-state index in [0.29, 0.717) is 11.3 Å². The minimum atomic E-state index is -4.47. The van der Waals surface area contributed by atoms with Crippen LogP contribution in [0.15, 0.2) is 65.6 Å². The molecule has 0 bridgehead atoms. The van der Waals surface area contributed by atoms with Crippen molar-refractivity contribution in [3.63, 3.8) is 0 Å². The summed E-state index contributed by atoms with van der Waals surface area (Å²) in [6, 6.07) is 12.6. The van der Waals surface area contributed by atoms with E-state index in [1.807, 2.05) is 0 Å². The van der Waals surface area contributed by atoms with Gasteiger partial charge in [-0.3, -0.25) is 13.9 Å². The van der Waals surface area contributed by atoms with Gasteiger partial charge in [0.15, 0.2) is 11.5 Å². The Morgan fingerprint density at radius 3 is 2.07 bits per heavy atom. The number of anilines is 1. The number of amides is 2. The molecule has 0 spiro atoms. The molecule has 0 saturated heterocycles. The van der Waals surface area contributed by atoms with Crippen molar-refractivity contribution in [2.75, 3.05) is 32.2 Å². The van der Waals surface area contributed by atoms with Crippen molar-refractivity contribution in [3.8, 4) is 17.2 Å². The average molecular weight is 636 g/mol. The molecule has 0 radical (unpaired) electrons. The fraction of sp³-hybridized carbons (Fsp3) is 0.333. The zero-order chi connectivity index (χ0) is 31.9. The van der Waals surface area contributed by atoms with Gasteiger partial charge in [0.25, 0.3) is 10.0 Å². The third kappa shape index (κ3) is 8.08. The lowest BCUT2D eigenvalue weighted by molar-refractivity contribution is -0.139. The number of halogens is 2. The lowest BCUT2D eigenvalue weighted by Gasteiger charge is -2.32. The van der Waals surface area contributed by atoms with Gasteiger partial charge in [-0.05, 0) is 68.8 Å². The van der Waals surface area contributed by atoms with Crippen molar-refractivity contribution in [3.05, 3.63) is 77.1 Å². The fourth-order valence-electron chi connectivity index (χ4n) is 4.25. The number of benzene rings is 3. The van der Waals surface area contributed by atoms with Crippen molar-refractivity contribution < 1.29 is 36.6 Å². The van der Waals surface area contributed by atoms with Gasteiger partial charge >= 0.3 is 0 Å². The van der Waals surface area contributed by atoms with E-state index < -0.39 is 40.2 Å². The second-order valence-corrected chi connectivity index (χ2v) is 12.1. The quantitative estimate of drug-likeness (QED) is 0.291. The molecule has 10 nitrogen and oxygen atoms in total. The average Bonchev–Trinajstić information content (AvgIpc) is 2.98. The molecule has 13 heteroatoms. The highest BCUT2D eigenvalue weighted by Crippen LogP contribution is 2.37. The van der Waals surface area contributed by atoms with Gasteiger partial charge in [0.2, 0.25) is 11.8 Å². The zero-order valence-electron chi connectivity index (χ0n) is 24.8. The first-order chi connectivity index (χ1) is 20.3. The standard InChI is InChI=1S/C30H35ClFN3O7S/c1-19(2)33-30(37)20(3)34(17-21-7-10-23(32)11-8-21)29(36)18-35(25-15-22(31)9-13-26(25)40-4)43(38,39)24-12-14-27(41-5)28(16-24)42-6/h7-16,19-20H,17-18H2,1-6H3,(H,33,37). The lowest BCUT2D eigenvalue weighted by Crippen LogP contribution is -2.52. The molecule has 0 aliphatic heterocycles. The van der Waals surface area contributed by atoms with Crippen LogP contribution in [0.4, 0.5) is 10.1 Å². The van der Waals surface area contributed by atoms with Crippen molar-refractivity contribution in [1.29, 1.82) is 0 Å². The van der Waals surface area contributed by atoms with E-state index in [9.17, 15) is 22.4 Å². The van der Waals surface area contributed by atoms with E-state index in [4.69, 9.17) is 25.8 Å².